The third-order valence-electron chi connectivity index (χ3n) is 4.90. The van der Waals surface area contributed by atoms with E-state index in [-0.39, 0.29) is 37.3 Å². The van der Waals surface area contributed by atoms with Crippen molar-refractivity contribution >= 4 is 6.09 Å². The molecule has 30 heavy (non-hydrogen) atoms. The molecule has 1 aromatic heterocycles. The van der Waals surface area contributed by atoms with Gasteiger partial charge in [-0.05, 0) is 46.5 Å². The zero-order valence-corrected chi connectivity index (χ0v) is 17.2. The number of hydrogen-bond acceptors (Lipinski definition) is 8. The van der Waals surface area contributed by atoms with Gasteiger partial charge in [0.1, 0.15) is 5.60 Å². The molecule has 1 saturated carbocycles. The van der Waals surface area contributed by atoms with Crippen molar-refractivity contribution in [3.63, 3.8) is 0 Å². The Morgan fingerprint density at radius 2 is 1.93 bits per heavy atom. The van der Waals surface area contributed by atoms with Crippen LogP contribution in [0.4, 0.5) is 18.0 Å². The minimum Gasteiger partial charge on any atom is -0.444 e. The average Bonchev–Trinajstić information content (AvgIpc) is 3.05. The second-order valence-corrected chi connectivity index (χ2v) is 8.45. The van der Waals surface area contributed by atoms with Gasteiger partial charge in [0.25, 0.3) is 0 Å². The van der Waals surface area contributed by atoms with Crippen molar-refractivity contribution in [2.24, 2.45) is 0 Å². The number of hydrogen-bond donors (Lipinski definition) is 1. The molecule has 0 bridgehead atoms. The maximum absolute atomic E-state index is 12.8. The zero-order chi connectivity index (χ0) is 22.2. The van der Waals surface area contributed by atoms with Crippen molar-refractivity contribution in [2.75, 3.05) is 13.7 Å². The van der Waals surface area contributed by atoms with Crippen LogP contribution in [0, 0.1) is 0 Å². The molecular weight excluding hydrogens is 411 g/mol. The third-order valence-corrected chi connectivity index (χ3v) is 4.90. The van der Waals surface area contributed by atoms with Crippen molar-refractivity contribution in [1.82, 2.24) is 15.5 Å². The summed E-state index contributed by atoms with van der Waals surface area (Å²) in [6.45, 7) is 5.37. The number of carbonyl (C=O) groups is 1. The van der Waals surface area contributed by atoms with Crippen LogP contribution >= 0.6 is 0 Å². The highest BCUT2D eigenvalue weighted by Gasteiger charge is 2.53. The number of alkyl halides is 3. The quantitative estimate of drug-likeness (QED) is 0.748. The molecule has 170 valence electrons. The monoisotopic (exact) mass is 437 g/mol. The van der Waals surface area contributed by atoms with Crippen LogP contribution in [0.1, 0.15) is 64.3 Å². The molecule has 1 aliphatic carbocycles. The number of rotatable bonds is 5. The number of carbonyl (C=O) groups excluding carboxylic acids is 1. The summed E-state index contributed by atoms with van der Waals surface area (Å²) in [5.74, 6) is -0.224. The smallest absolute Gasteiger partial charge is 0.444 e. The van der Waals surface area contributed by atoms with Crippen LogP contribution in [0.25, 0.3) is 0 Å². The molecule has 9 nitrogen and oxygen atoms in total. The molecule has 0 spiro atoms. The molecule has 0 radical (unpaired) electrons. The van der Waals surface area contributed by atoms with Gasteiger partial charge in [-0.2, -0.15) is 0 Å². The SMILES string of the molecule is COC1C[C@@H](NC(=O)OC(C)(C)C)CO[C@@H]1c1nnc(C2(OC(F)(F)F)CCC2)o1. The van der Waals surface area contributed by atoms with E-state index in [1.807, 2.05) is 0 Å². The second-order valence-electron chi connectivity index (χ2n) is 8.45. The lowest BCUT2D eigenvalue weighted by atomic mass is 9.80. The Labute approximate surface area is 171 Å². The fourth-order valence-electron chi connectivity index (χ4n) is 3.44. The van der Waals surface area contributed by atoms with Gasteiger partial charge in [-0.3, -0.25) is 4.74 Å². The van der Waals surface area contributed by atoms with Crippen LogP contribution < -0.4 is 5.32 Å². The number of nitrogens with one attached hydrogen (secondary N) is 1. The highest BCUT2D eigenvalue weighted by molar-refractivity contribution is 5.68. The number of nitrogens with zero attached hydrogens (tertiary/aromatic N) is 2. The molecular formula is C18H26F3N3O6. The fraction of sp³-hybridized carbons (Fsp3) is 0.833. The highest BCUT2D eigenvalue weighted by Crippen LogP contribution is 2.48. The molecule has 1 aliphatic heterocycles. The number of alkyl carbamates (subject to hydrolysis) is 1. The molecule has 12 heteroatoms. The first kappa shape index (κ1) is 22.8. The Hall–Kier alpha value is -1.92. The van der Waals surface area contributed by atoms with E-state index in [1.165, 1.54) is 7.11 Å². The summed E-state index contributed by atoms with van der Waals surface area (Å²) in [6.07, 6.45) is -5.55. The van der Waals surface area contributed by atoms with E-state index in [2.05, 4.69) is 20.3 Å². The van der Waals surface area contributed by atoms with E-state index >= 15 is 0 Å². The van der Waals surface area contributed by atoms with Crippen molar-refractivity contribution in [1.29, 1.82) is 0 Å². The van der Waals surface area contributed by atoms with Crippen molar-refractivity contribution in [3.8, 4) is 0 Å². The lowest BCUT2D eigenvalue weighted by Gasteiger charge is -2.38. The topological polar surface area (TPSA) is 105 Å². The Kier molecular flexibility index (Phi) is 6.30. The molecule has 1 saturated heterocycles. The third kappa shape index (κ3) is 5.41. The Balaban J connectivity index is 1.65. The van der Waals surface area contributed by atoms with Gasteiger partial charge >= 0.3 is 12.5 Å². The Morgan fingerprint density at radius 3 is 2.47 bits per heavy atom. The second kappa shape index (κ2) is 8.31. The highest BCUT2D eigenvalue weighted by atomic mass is 19.4. The lowest BCUT2D eigenvalue weighted by molar-refractivity contribution is -0.387. The number of methoxy groups -OCH3 is 1. The molecule has 1 unspecified atom stereocenters. The molecule has 0 aromatic carbocycles. The van der Waals surface area contributed by atoms with E-state index < -0.39 is 35.9 Å². The van der Waals surface area contributed by atoms with Crippen molar-refractivity contribution in [2.45, 2.75) is 82.3 Å². The first-order valence-corrected chi connectivity index (χ1v) is 9.65. The number of amides is 1. The Morgan fingerprint density at radius 1 is 1.23 bits per heavy atom. The number of halogens is 3. The van der Waals surface area contributed by atoms with Gasteiger partial charge in [-0.25, -0.2) is 4.79 Å². The van der Waals surface area contributed by atoms with Gasteiger partial charge in [-0.1, -0.05) is 0 Å². The van der Waals surface area contributed by atoms with E-state index in [4.69, 9.17) is 18.6 Å². The average molecular weight is 437 g/mol. The molecule has 2 heterocycles. The van der Waals surface area contributed by atoms with Gasteiger partial charge in [0.15, 0.2) is 11.7 Å². The number of aromatic nitrogens is 2. The molecule has 3 atom stereocenters. The summed E-state index contributed by atoms with van der Waals surface area (Å²) in [5, 5.41) is 10.4. The van der Waals surface area contributed by atoms with Crippen molar-refractivity contribution in [3.05, 3.63) is 11.8 Å². The maximum atomic E-state index is 12.8. The molecule has 2 aliphatic rings. The summed E-state index contributed by atoms with van der Waals surface area (Å²) >= 11 is 0. The molecule has 2 fully saturated rings. The maximum Gasteiger partial charge on any atom is 0.523 e. The lowest BCUT2D eigenvalue weighted by Crippen LogP contribution is -2.48. The molecule has 1 N–H and O–H groups in total. The van der Waals surface area contributed by atoms with Crippen LogP contribution in [0.3, 0.4) is 0 Å². The molecule has 1 amide bonds. The van der Waals surface area contributed by atoms with Gasteiger partial charge in [0.05, 0.1) is 18.8 Å². The van der Waals surface area contributed by atoms with Gasteiger partial charge in [-0.15, -0.1) is 23.4 Å². The Bertz CT molecular complexity index is 744. The normalized spacial score (nSPS) is 26.7. The van der Waals surface area contributed by atoms with Gasteiger partial charge in [0, 0.05) is 7.11 Å². The van der Waals surface area contributed by atoms with Crippen LogP contribution in [0.5, 0.6) is 0 Å². The van der Waals surface area contributed by atoms with E-state index in [0.717, 1.165) is 0 Å². The zero-order valence-electron chi connectivity index (χ0n) is 17.2. The predicted molar refractivity (Wildman–Crippen MR) is 94.2 cm³/mol. The summed E-state index contributed by atoms with van der Waals surface area (Å²) in [7, 11) is 1.45. The summed E-state index contributed by atoms with van der Waals surface area (Å²) < 4.78 is 64.5. The summed E-state index contributed by atoms with van der Waals surface area (Å²) in [6, 6.07) is -0.380. The largest absolute Gasteiger partial charge is 0.523 e. The first-order chi connectivity index (χ1) is 13.9. The summed E-state index contributed by atoms with van der Waals surface area (Å²) in [5.41, 5.74) is -2.29. The van der Waals surface area contributed by atoms with E-state index in [0.29, 0.717) is 12.8 Å². The minimum absolute atomic E-state index is 0.00428. The van der Waals surface area contributed by atoms with Crippen LogP contribution in [0.15, 0.2) is 4.42 Å². The van der Waals surface area contributed by atoms with Crippen LogP contribution in [-0.4, -0.2) is 54.1 Å². The number of ether oxygens (including phenoxy) is 4. The first-order valence-electron chi connectivity index (χ1n) is 9.65. The minimum atomic E-state index is -4.81. The van der Waals surface area contributed by atoms with Crippen molar-refractivity contribution < 1.29 is 41.3 Å². The molecule has 1 aromatic rings. The fourth-order valence-corrected chi connectivity index (χ4v) is 3.44. The van der Waals surface area contributed by atoms with E-state index in [1.54, 1.807) is 20.8 Å². The van der Waals surface area contributed by atoms with Crippen LogP contribution in [0.2, 0.25) is 0 Å². The standard InChI is InChI=1S/C18H26F3N3O6/c1-16(2,3)29-15(25)22-10-8-11(26-4)12(27-9-10)13-23-24-14(28-13)17(6-5-7-17)30-18(19,20)21/h10-12H,5-9H2,1-4H3,(H,22,25)/t10-,11?,12+/m1/s1. The predicted octanol–water partition coefficient (Wildman–Crippen LogP) is 3.35. The van der Waals surface area contributed by atoms with Crippen LogP contribution in [-0.2, 0) is 24.5 Å². The van der Waals surface area contributed by atoms with Gasteiger partial charge in [0.2, 0.25) is 11.8 Å². The molecule has 3 rings (SSSR count). The van der Waals surface area contributed by atoms with Gasteiger partial charge < -0.3 is 23.9 Å². The summed E-state index contributed by atoms with van der Waals surface area (Å²) in [4.78, 5) is 12.0. The van der Waals surface area contributed by atoms with E-state index in [9.17, 15) is 18.0 Å².